The Morgan fingerprint density at radius 1 is 0.963 bits per heavy atom. The normalized spacial score (nSPS) is 30.1. The standard InChI is InChI=1S/C26H28O/c27-25-24-15-22-14-19(18-4-2-1-3-5-18)7-8-20(22)13-21(24)10-11-26(25)16-17-6-9-23(26)12-17/h6-8,13-15,18,23H,1-5,9-12,16H2. The van der Waals surface area contributed by atoms with E-state index in [4.69, 9.17) is 0 Å². The van der Waals surface area contributed by atoms with E-state index < -0.39 is 0 Å². The summed E-state index contributed by atoms with van der Waals surface area (Å²) >= 11 is 0. The van der Waals surface area contributed by atoms with Crippen molar-refractivity contribution in [3.05, 3.63) is 58.7 Å². The van der Waals surface area contributed by atoms with E-state index in [0.29, 0.717) is 11.7 Å². The van der Waals surface area contributed by atoms with Crippen molar-refractivity contribution in [3.8, 4) is 0 Å². The largest absolute Gasteiger partial charge is 0.294 e. The van der Waals surface area contributed by atoms with E-state index in [-0.39, 0.29) is 5.41 Å². The zero-order chi connectivity index (χ0) is 18.0. The second-order valence-corrected chi connectivity index (χ2v) is 9.61. The first-order valence-electron chi connectivity index (χ1n) is 11.0. The molecule has 2 saturated carbocycles. The first kappa shape index (κ1) is 16.1. The van der Waals surface area contributed by atoms with E-state index in [1.807, 2.05) is 0 Å². The van der Waals surface area contributed by atoms with Crippen LogP contribution in [0.5, 0.6) is 0 Å². The highest BCUT2D eigenvalue weighted by atomic mass is 16.1. The van der Waals surface area contributed by atoms with Crippen LogP contribution in [0.15, 0.2) is 42.0 Å². The molecule has 2 fully saturated rings. The van der Waals surface area contributed by atoms with Crippen LogP contribution in [0.25, 0.3) is 10.8 Å². The Labute approximate surface area is 161 Å². The molecule has 0 saturated heterocycles. The van der Waals surface area contributed by atoms with E-state index in [0.717, 1.165) is 37.2 Å². The number of Topliss-reactive ketones (excluding diaryl/α,β-unsaturated/α-hetero) is 1. The highest BCUT2D eigenvalue weighted by molar-refractivity contribution is 6.06. The molecule has 2 bridgehead atoms. The zero-order valence-electron chi connectivity index (χ0n) is 16.1. The number of allylic oxidation sites excluding steroid dienone is 2. The molecule has 0 radical (unpaired) electrons. The van der Waals surface area contributed by atoms with Gasteiger partial charge in [-0.1, -0.05) is 55.2 Å². The monoisotopic (exact) mass is 356 g/mol. The summed E-state index contributed by atoms with van der Waals surface area (Å²) in [4.78, 5) is 13.6. The van der Waals surface area contributed by atoms with Gasteiger partial charge >= 0.3 is 0 Å². The van der Waals surface area contributed by atoms with Gasteiger partial charge in [0.15, 0.2) is 5.78 Å². The number of carbonyl (C=O) groups excluding carboxylic acids is 1. The molecule has 27 heavy (non-hydrogen) atoms. The van der Waals surface area contributed by atoms with E-state index in [1.165, 1.54) is 60.4 Å². The highest BCUT2D eigenvalue weighted by Gasteiger charge is 2.53. The molecule has 6 rings (SSSR count). The summed E-state index contributed by atoms with van der Waals surface area (Å²) < 4.78 is 0. The minimum absolute atomic E-state index is 0.0637. The van der Waals surface area contributed by atoms with E-state index in [9.17, 15) is 4.79 Å². The summed E-state index contributed by atoms with van der Waals surface area (Å²) in [6, 6.07) is 11.6. The molecule has 4 aliphatic carbocycles. The molecule has 2 aromatic carbocycles. The number of hydrogen-bond acceptors (Lipinski definition) is 1. The summed E-state index contributed by atoms with van der Waals surface area (Å²) in [7, 11) is 0. The third-order valence-corrected chi connectivity index (χ3v) is 8.22. The molecule has 1 spiro atoms. The van der Waals surface area contributed by atoms with Crippen LogP contribution in [0.4, 0.5) is 0 Å². The highest BCUT2D eigenvalue weighted by Crippen LogP contribution is 2.58. The first-order chi connectivity index (χ1) is 13.2. The van der Waals surface area contributed by atoms with Gasteiger partial charge in [-0.2, -0.15) is 0 Å². The number of fused-ring (bicyclic) bond motifs is 5. The van der Waals surface area contributed by atoms with Gasteiger partial charge in [0.2, 0.25) is 0 Å². The van der Waals surface area contributed by atoms with Gasteiger partial charge in [0.1, 0.15) is 0 Å². The minimum Gasteiger partial charge on any atom is -0.294 e. The smallest absolute Gasteiger partial charge is 0.169 e. The predicted molar refractivity (Wildman–Crippen MR) is 110 cm³/mol. The number of ketones is 1. The van der Waals surface area contributed by atoms with Crippen molar-refractivity contribution in [1.82, 2.24) is 0 Å². The summed E-state index contributed by atoms with van der Waals surface area (Å²) in [5.41, 5.74) is 5.32. The molecular formula is C26H28O. The second-order valence-electron chi connectivity index (χ2n) is 9.61. The van der Waals surface area contributed by atoms with Crippen molar-refractivity contribution >= 4 is 16.6 Å². The quantitative estimate of drug-likeness (QED) is 0.517. The fraction of sp³-hybridized carbons (Fsp3) is 0.500. The summed E-state index contributed by atoms with van der Waals surface area (Å²) in [5.74, 6) is 1.76. The topological polar surface area (TPSA) is 17.1 Å². The Morgan fingerprint density at radius 3 is 2.63 bits per heavy atom. The van der Waals surface area contributed by atoms with Crippen LogP contribution in [-0.2, 0) is 6.42 Å². The molecule has 4 aliphatic rings. The van der Waals surface area contributed by atoms with Crippen LogP contribution in [-0.4, -0.2) is 5.78 Å². The van der Waals surface area contributed by atoms with Crippen molar-refractivity contribution in [2.75, 3.05) is 0 Å². The molecule has 0 N–H and O–H groups in total. The van der Waals surface area contributed by atoms with Gasteiger partial charge in [0, 0.05) is 11.0 Å². The molecule has 138 valence electrons. The molecule has 0 amide bonds. The van der Waals surface area contributed by atoms with Crippen LogP contribution < -0.4 is 0 Å². The van der Waals surface area contributed by atoms with Gasteiger partial charge < -0.3 is 0 Å². The number of rotatable bonds is 1. The SMILES string of the molecule is O=C1c2cc3cc(C4CCCCC4)ccc3cc2CCC12CC1=CCC2C1. The Morgan fingerprint density at radius 2 is 1.85 bits per heavy atom. The fourth-order valence-corrected chi connectivity index (χ4v) is 6.68. The molecule has 2 unspecified atom stereocenters. The van der Waals surface area contributed by atoms with Gasteiger partial charge in [-0.25, -0.2) is 0 Å². The van der Waals surface area contributed by atoms with Crippen molar-refractivity contribution in [2.24, 2.45) is 11.3 Å². The lowest BCUT2D eigenvalue weighted by atomic mass is 9.63. The van der Waals surface area contributed by atoms with Crippen LogP contribution in [0.3, 0.4) is 0 Å². The first-order valence-corrected chi connectivity index (χ1v) is 11.0. The molecule has 0 aliphatic heterocycles. The molecule has 1 heteroatoms. The lowest BCUT2D eigenvalue weighted by Crippen LogP contribution is -2.39. The van der Waals surface area contributed by atoms with Crippen LogP contribution in [0.2, 0.25) is 0 Å². The van der Waals surface area contributed by atoms with Gasteiger partial charge in [-0.15, -0.1) is 0 Å². The molecule has 0 heterocycles. The third kappa shape index (κ3) is 2.33. The van der Waals surface area contributed by atoms with E-state index in [2.05, 4.69) is 36.4 Å². The maximum absolute atomic E-state index is 13.6. The van der Waals surface area contributed by atoms with Gasteiger partial charge in [0.25, 0.3) is 0 Å². The third-order valence-electron chi connectivity index (χ3n) is 8.22. The molecule has 2 atom stereocenters. The van der Waals surface area contributed by atoms with Crippen molar-refractivity contribution in [3.63, 3.8) is 0 Å². The van der Waals surface area contributed by atoms with Gasteiger partial charge in [-0.3, -0.25) is 4.79 Å². The van der Waals surface area contributed by atoms with Gasteiger partial charge in [-0.05, 0) is 84.7 Å². The van der Waals surface area contributed by atoms with Crippen molar-refractivity contribution < 1.29 is 4.79 Å². The zero-order valence-corrected chi connectivity index (χ0v) is 16.1. The number of benzene rings is 2. The Kier molecular flexibility index (Phi) is 3.46. The predicted octanol–water partition coefficient (Wildman–Crippen LogP) is 6.74. The average Bonchev–Trinajstić information content (AvgIpc) is 3.32. The maximum atomic E-state index is 13.6. The summed E-state index contributed by atoms with van der Waals surface area (Å²) in [6.45, 7) is 0. The summed E-state index contributed by atoms with van der Waals surface area (Å²) in [5, 5.41) is 2.59. The fourth-order valence-electron chi connectivity index (χ4n) is 6.68. The van der Waals surface area contributed by atoms with Crippen LogP contribution in [0.1, 0.15) is 85.2 Å². The van der Waals surface area contributed by atoms with Gasteiger partial charge in [0.05, 0.1) is 0 Å². The Balaban J connectivity index is 1.42. The van der Waals surface area contributed by atoms with Crippen molar-refractivity contribution in [1.29, 1.82) is 0 Å². The van der Waals surface area contributed by atoms with Crippen LogP contribution >= 0.6 is 0 Å². The van der Waals surface area contributed by atoms with E-state index in [1.54, 1.807) is 5.57 Å². The number of aryl methyl sites for hydroxylation is 1. The maximum Gasteiger partial charge on any atom is 0.169 e. The van der Waals surface area contributed by atoms with Crippen LogP contribution in [0, 0.1) is 11.3 Å². The Bertz CT molecular complexity index is 975. The Hall–Kier alpha value is -1.89. The minimum atomic E-state index is -0.0637. The molecular weight excluding hydrogens is 328 g/mol. The number of hydrogen-bond donors (Lipinski definition) is 0. The molecule has 1 nitrogen and oxygen atoms in total. The van der Waals surface area contributed by atoms with E-state index >= 15 is 0 Å². The average molecular weight is 357 g/mol. The molecule has 0 aromatic heterocycles. The van der Waals surface area contributed by atoms with Crippen molar-refractivity contribution in [2.45, 2.75) is 70.1 Å². The molecule has 2 aromatic rings. The second kappa shape index (κ2) is 5.80. The summed E-state index contributed by atoms with van der Waals surface area (Å²) in [6.07, 6.45) is 14.7. The number of carbonyl (C=O) groups is 1. The lowest BCUT2D eigenvalue weighted by molar-refractivity contribution is 0.0671. The lowest BCUT2D eigenvalue weighted by Gasteiger charge is -2.39.